The van der Waals surface area contributed by atoms with E-state index in [1.54, 1.807) is 0 Å². The van der Waals surface area contributed by atoms with E-state index < -0.39 is 0 Å². The average molecular weight is 409 g/mol. The zero-order valence-electron chi connectivity index (χ0n) is 17.4. The van der Waals surface area contributed by atoms with Crippen LogP contribution < -0.4 is 26.4 Å². The number of aromatic nitrogens is 3. The lowest BCUT2D eigenvalue weighted by Gasteiger charge is -2.34. The molecular formula is C22H32N8. The van der Waals surface area contributed by atoms with Gasteiger partial charge >= 0.3 is 0 Å². The fourth-order valence-electron chi connectivity index (χ4n) is 5.38. The van der Waals surface area contributed by atoms with Crippen LogP contribution >= 0.6 is 0 Å². The van der Waals surface area contributed by atoms with Gasteiger partial charge in [0, 0.05) is 62.5 Å². The van der Waals surface area contributed by atoms with Gasteiger partial charge < -0.3 is 15.5 Å². The molecule has 0 spiro atoms. The fraction of sp³-hybridized carbons (Fsp3) is 0.636. The third kappa shape index (κ3) is 3.41. The number of piperidine rings is 1. The van der Waals surface area contributed by atoms with Gasteiger partial charge in [-0.25, -0.2) is 10.4 Å². The van der Waals surface area contributed by atoms with E-state index in [0.29, 0.717) is 24.0 Å². The first-order valence-electron chi connectivity index (χ1n) is 11.6. The predicted octanol–water partition coefficient (Wildman–Crippen LogP) is 1.28. The number of pyridine rings is 1. The largest absolute Gasteiger partial charge is 0.354 e. The Morgan fingerprint density at radius 2 is 1.97 bits per heavy atom. The molecule has 8 nitrogen and oxygen atoms in total. The molecule has 4 unspecified atom stereocenters. The highest BCUT2D eigenvalue weighted by Crippen LogP contribution is 2.39. The third-order valence-corrected chi connectivity index (χ3v) is 7.45. The number of nitrogens with one attached hydrogen (secondary N) is 4. The first-order chi connectivity index (χ1) is 14.8. The van der Waals surface area contributed by atoms with Crippen molar-refractivity contribution in [2.24, 2.45) is 5.92 Å². The van der Waals surface area contributed by atoms with E-state index in [9.17, 15) is 0 Å². The average Bonchev–Trinajstić information content (AvgIpc) is 3.40. The first-order valence-corrected chi connectivity index (χ1v) is 11.6. The van der Waals surface area contributed by atoms with Gasteiger partial charge in [-0.2, -0.15) is 5.10 Å². The summed E-state index contributed by atoms with van der Waals surface area (Å²) < 4.78 is 2.19. The highest BCUT2D eigenvalue weighted by molar-refractivity contribution is 5.40. The van der Waals surface area contributed by atoms with Crippen LogP contribution in [0.2, 0.25) is 0 Å². The van der Waals surface area contributed by atoms with E-state index in [-0.39, 0.29) is 6.04 Å². The summed E-state index contributed by atoms with van der Waals surface area (Å²) in [6.45, 7) is 5.07. The Labute approximate surface area is 177 Å². The Bertz CT molecular complexity index is 872. The second-order valence-electron chi connectivity index (χ2n) is 9.23. The van der Waals surface area contributed by atoms with Crippen LogP contribution in [-0.2, 0) is 0 Å². The lowest BCUT2D eigenvalue weighted by molar-refractivity contribution is 0.264. The molecule has 1 aliphatic carbocycles. The van der Waals surface area contributed by atoms with Gasteiger partial charge in [-0.1, -0.05) is 6.07 Å². The van der Waals surface area contributed by atoms with E-state index >= 15 is 0 Å². The van der Waals surface area contributed by atoms with Crippen molar-refractivity contribution in [1.82, 2.24) is 36.2 Å². The predicted molar refractivity (Wildman–Crippen MR) is 116 cm³/mol. The van der Waals surface area contributed by atoms with Crippen LogP contribution in [0.4, 0.5) is 5.82 Å². The SMILES string of the molecule is c1cc(C2NNC3CNC(c4cnn(C5CCC5)c4)CC32)nc(N2CCNCC2)c1. The van der Waals surface area contributed by atoms with Crippen LogP contribution in [0, 0.1) is 5.92 Å². The van der Waals surface area contributed by atoms with Crippen molar-refractivity contribution in [3.8, 4) is 0 Å². The van der Waals surface area contributed by atoms with Crippen molar-refractivity contribution < 1.29 is 0 Å². The highest BCUT2D eigenvalue weighted by atomic mass is 15.4. The number of anilines is 1. The first kappa shape index (κ1) is 18.7. The standard InChI is InChI=1S/C22H32N8/c1-3-16(4-1)30-14-15(12-25-30)19-11-17-20(13-24-19)27-28-22(17)18-5-2-6-21(26-18)29-9-7-23-8-10-29/h2,5-6,12,14,16-17,19-20,22-24,27-28H,1,3-4,7-11,13H2. The van der Waals surface area contributed by atoms with Crippen LogP contribution in [-0.4, -0.2) is 53.5 Å². The van der Waals surface area contributed by atoms with Crippen LogP contribution in [0.5, 0.6) is 0 Å². The van der Waals surface area contributed by atoms with Gasteiger partial charge in [-0.15, -0.1) is 0 Å². The monoisotopic (exact) mass is 408 g/mol. The molecule has 5 heterocycles. The Morgan fingerprint density at radius 3 is 2.80 bits per heavy atom. The minimum atomic E-state index is 0.240. The molecule has 4 fully saturated rings. The van der Waals surface area contributed by atoms with E-state index in [1.807, 2.05) is 0 Å². The van der Waals surface area contributed by atoms with Crippen molar-refractivity contribution in [1.29, 1.82) is 0 Å². The van der Waals surface area contributed by atoms with Gasteiger partial charge in [0.1, 0.15) is 5.82 Å². The minimum absolute atomic E-state index is 0.240. The Kier molecular flexibility index (Phi) is 4.95. The Hall–Kier alpha value is -2.00. The number of piperazine rings is 1. The molecule has 0 bridgehead atoms. The number of fused-ring (bicyclic) bond motifs is 1. The topological polar surface area (TPSA) is 82.1 Å². The Morgan fingerprint density at radius 1 is 1.07 bits per heavy atom. The number of hydrogen-bond acceptors (Lipinski definition) is 7. The van der Waals surface area contributed by atoms with E-state index in [0.717, 1.165) is 50.7 Å². The molecule has 0 radical (unpaired) electrons. The maximum atomic E-state index is 5.07. The number of hydrogen-bond donors (Lipinski definition) is 4. The maximum absolute atomic E-state index is 5.07. The van der Waals surface area contributed by atoms with Gasteiger partial charge in [0.25, 0.3) is 0 Å². The summed E-state index contributed by atoms with van der Waals surface area (Å²) in [7, 11) is 0. The molecule has 3 saturated heterocycles. The summed E-state index contributed by atoms with van der Waals surface area (Å²) in [6.07, 6.45) is 9.32. The molecule has 3 aliphatic heterocycles. The van der Waals surface area contributed by atoms with Gasteiger partial charge in [-0.3, -0.25) is 10.1 Å². The second-order valence-corrected chi connectivity index (χ2v) is 9.23. The molecular weight excluding hydrogens is 376 g/mol. The quantitative estimate of drug-likeness (QED) is 0.607. The van der Waals surface area contributed by atoms with Gasteiger partial charge in [0.05, 0.1) is 24.0 Å². The molecule has 2 aromatic rings. The van der Waals surface area contributed by atoms with Gasteiger partial charge in [0.15, 0.2) is 0 Å². The lowest BCUT2D eigenvalue weighted by Crippen LogP contribution is -2.46. The normalized spacial score (nSPS) is 32.1. The van der Waals surface area contributed by atoms with Gasteiger partial charge in [0.2, 0.25) is 0 Å². The summed E-state index contributed by atoms with van der Waals surface area (Å²) in [5, 5.41) is 11.8. The van der Waals surface area contributed by atoms with Crippen molar-refractivity contribution in [3.05, 3.63) is 41.9 Å². The highest BCUT2D eigenvalue weighted by Gasteiger charge is 2.42. The second kappa shape index (κ2) is 7.92. The molecule has 160 valence electrons. The number of rotatable bonds is 4. The molecule has 30 heavy (non-hydrogen) atoms. The fourth-order valence-corrected chi connectivity index (χ4v) is 5.38. The summed E-state index contributed by atoms with van der Waals surface area (Å²) in [6, 6.07) is 8.14. The molecule has 0 aromatic carbocycles. The van der Waals surface area contributed by atoms with Crippen LogP contribution in [0.25, 0.3) is 0 Å². The Balaban J connectivity index is 1.19. The van der Waals surface area contributed by atoms with Crippen molar-refractivity contribution in [2.45, 2.75) is 49.9 Å². The number of hydrazine groups is 1. The van der Waals surface area contributed by atoms with Crippen molar-refractivity contribution in [2.75, 3.05) is 37.6 Å². The zero-order chi connectivity index (χ0) is 19.9. The summed E-state index contributed by atoms with van der Waals surface area (Å²) in [5.74, 6) is 1.61. The summed E-state index contributed by atoms with van der Waals surface area (Å²) >= 11 is 0. The van der Waals surface area contributed by atoms with Crippen molar-refractivity contribution in [3.63, 3.8) is 0 Å². The molecule has 1 saturated carbocycles. The molecule has 8 heteroatoms. The van der Waals surface area contributed by atoms with E-state index in [4.69, 9.17) is 4.98 Å². The van der Waals surface area contributed by atoms with E-state index in [2.05, 4.69) is 66.8 Å². The summed E-state index contributed by atoms with van der Waals surface area (Å²) in [5.41, 5.74) is 9.55. The minimum Gasteiger partial charge on any atom is -0.354 e. The van der Waals surface area contributed by atoms with Crippen molar-refractivity contribution >= 4 is 5.82 Å². The molecule has 4 atom stereocenters. The van der Waals surface area contributed by atoms with Crippen LogP contribution in [0.3, 0.4) is 0 Å². The zero-order valence-corrected chi connectivity index (χ0v) is 17.4. The maximum Gasteiger partial charge on any atom is 0.128 e. The molecule has 6 rings (SSSR count). The van der Waals surface area contributed by atoms with Crippen LogP contribution in [0.15, 0.2) is 30.6 Å². The van der Waals surface area contributed by atoms with Crippen LogP contribution in [0.1, 0.15) is 55.1 Å². The smallest absolute Gasteiger partial charge is 0.128 e. The molecule has 4 aliphatic rings. The molecule has 2 aromatic heterocycles. The molecule has 0 amide bonds. The van der Waals surface area contributed by atoms with E-state index in [1.165, 1.54) is 24.8 Å². The van der Waals surface area contributed by atoms with Gasteiger partial charge in [-0.05, 0) is 37.8 Å². The number of nitrogens with zero attached hydrogens (tertiary/aromatic N) is 4. The molecule has 4 N–H and O–H groups in total. The third-order valence-electron chi connectivity index (χ3n) is 7.45. The lowest BCUT2D eigenvalue weighted by atomic mass is 9.82. The summed E-state index contributed by atoms with van der Waals surface area (Å²) in [4.78, 5) is 7.46.